The van der Waals surface area contributed by atoms with Gasteiger partial charge in [-0.25, -0.2) is 15.0 Å². The van der Waals surface area contributed by atoms with Gasteiger partial charge in [0.2, 0.25) is 0 Å². The van der Waals surface area contributed by atoms with Crippen molar-refractivity contribution in [3.05, 3.63) is 163 Å². The van der Waals surface area contributed by atoms with Gasteiger partial charge in [-0.15, -0.1) is 0 Å². The Labute approximate surface area is 314 Å². The summed E-state index contributed by atoms with van der Waals surface area (Å²) < 4.78 is 96.0. The summed E-state index contributed by atoms with van der Waals surface area (Å²) >= 11 is 0. The first-order valence-corrected chi connectivity index (χ1v) is 17.0. The molecule has 0 amide bonds. The molecule has 11 rings (SSSR count). The van der Waals surface area contributed by atoms with Crippen LogP contribution >= 0.6 is 0 Å². The predicted molar refractivity (Wildman–Crippen MR) is 213 cm³/mol. The van der Waals surface area contributed by atoms with Gasteiger partial charge in [-0.2, -0.15) is 0 Å². The van der Waals surface area contributed by atoms with Crippen LogP contribution in [0.4, 0.5) is 0 Å². The molecule has 244 valence electrons. The molecule has 10 aromatic rings. The van der Waals surface area contributed by atoms with Gasteiger partial charge in [0, 0.05) is 32.9 Å². The van der Waals surface area contributed by atoms with Gasteiger partial charge in [0.25, 0.3) is 0 Å². The summed E-state index contributed by atoms with van der Waals surface area (Å²) in [5.74, 6) is -0.540. The lowest BCUT2D eigenvalue weighted by atomic mass is 9.82. The first-order valence-electron chi connectivity index (χ1n) is 22.0. The maximum absolute atomic E-state index is 9.76. The quantitative estimate of drug-likeness (QED) is 0.175. The predicted octanol–water partition coefficient (Wildman–Crippen LogP) is 12.5. The Morgan fingerprint density at radius 1 is 0.500 bits per heavy atom. The third-order valence-corrected chi connectivity index (χ3v) is 10.3. The van der Waals surface area contributed by atoms with Crippen molar-refractivity contribution in [2.24, 2.45) is 0 Å². The molecular weight excluding hydrogens is 635 g/mol. The molecule has 0 fully saturated rings. The van der Waals surface area contributed by atoms with Crippen LogP contribution in [0.5, 0.6) is 0 Å². The van der Waals surface area contributed by atoms with Crippen LogP contribution in [0.1, 0.15) is 38.7 Å². The summed E-state index contributed by atoms with van der Waals surface area (Å²) in [6, 6.07) is 24.4. The van der Waals surface area contributed by atoms with Gasteiger partial charge in [-0.05, 0) is 78.8 Å². The normalized spacial score (nSPS) is 16.0. The molecule has 1 aliphatic carbocycles. The Hall–Kier alpha value is -6.65. The number of fused-ring (bicyclic) bond motifs is 11. The molecule has 8 aromatic carbocycles. The highest BCUT2D eigenvalue weighted by molar-refractivity contribution is 6.18. The fourth-order valence-electron chi connectivity index (χ4n) is 7.83. The molecule has 0 N–H and O–H groups in total. The Morgan fingerprint density at radius 3 is 2.15 bits per heavy atom. The number of aromatic nitrogens is 3. The van der Waals surface area contributed by atoms with E-state index in [0.717, 1.165) is 22.1 Å². The van der Waals surface area contributed by atoms with Crippen molar-refractivity contribution in [3.63, 3.8) is 0 Å². The van der Waals surface area contributed by atoms with E-state index in [1.54, 1.807) is 36.4 Å². The topological polar surface area (TPSA) is 51.8 Å². The van der Waals surface area contributed by atoms with Gasteiger partial charge in [-0.1, -0.05) is 141 Å². The van der Waals surface area contributed by atoms with E-state index in [9.17, 15) is 4.11 Å². The molecule has 0 spiro atoms. The molecule has 2 heterocycles. The van der Waals surface area contributed by atoms with E-state index in [2.05, 4.69) is 43.1 Å². The molecule has 0 radical (unpaired) electrons. The van der Waals surface area contributed by atoms with Crippen molar-refractivity contribution < 1.29 is 18.1 Å². The van der Waals surface area contributed by atoms with E-state index in [1.807, 2.05) is 30.3 Å². The van der Waals surface area contributed by atoms with Crippen molar-refractivity contribution in [1.82, 2.24) is 15.0 Å². The SMILES string of the molecule is [2H]c1c([2H])c([2H])c(-c2nc(-c3c([2H])c([2H])c4ccc5c6ccccc6c([2H])c([2H])c5c4c3[2H])nc(-c3cccc4oc5cc6c(cc5c34)-c3ccccc3C6(C)C)n2)c([2H])c1[2H]. The molecule has 4 heteroatoms. The summed E-state index contributed by atoms with van der Waals surface area (Å²) in [6.45, 7) is 4.37. The molecule has 1 aliphatic rings. The van der Waals surface area contributed by atoms with Crippen LogP contribution in [-0.2, 0) is 5.41 Å². The lowest BCUT2D eigenvalue weighted by Gasteiger charge is -2.21. The van der Waals surface area contributed by atoms with E-state index in [0.29, 0.717) is 38.3 Å². The summed E-state index contributed by atoms with van der Waals surface area (Å²) in [5, 5.41) is 3.91. The highest BCUT2D eigenvalue weighted by Crippen LogP contribution is 2.51. The van der Waals surface area contributed by atoms with E-state index in [4.69, 9.17) is 24.0 Å². The van der Waals surface area contributed by atoms with Crippen LogP contribution in [0.3, 0.4) is 0 Å². The van der Waals surface area contributed by atoms with Gasteiger partial charge in [0.05, 0.1) is 13.7 Å². The maximum Gasteiger partial charge on any atom is 0.164 e. The minimum absolute atomic E-state index is 0.00954. The second-order valence-corrected chi connectivity index (χ2v) is 13.6. The molecule has 0 saturated carbocycles. The van der Waals surface area contributed by atoms with E-state index in [1.165, 1.54) is 5.56 Å². The second kappa shape index (κ2) is 10.7. The monoisotopic (exact) mass is 675 g/mol. The minimum atomic E-state index is -0.598. The highest BCUT2D eigenvalue weighted by atomic mass is 16.3. The summed E-state index contributed by atoms with van der Waals surface area (Å²) in [6.07, 6.45) is 0. The molecule has 0 atom stereocenters. The van der Waals surface area contributed by atoms with Crippen molar-refractivity contribution in [2.45, 2.75) is 19.3 Å². The molecule has 52 heavy (non-hydrogen) atoms. The van der Waals surface area contributed by atoms with E-state index >= 15 is 0 Å². The zero-order chi connectivity index (χ0) is 43.3. The number of rotatable bonds is 3. The Bertz CT molecular complexity index is 3670. The average molecular weight is 676 g/mol. The van der Waals surface area contributed by atoms with Crippen molar-refractivity contribution >= 4 is 54.3 Å². The minimum Gasteiger partial charge on any atom is -0.456 e. The third kappa shape index (κ3) is 4.18. The maximum atomic E-state index is 9.76. The molecular formula is C48H31N3O. The average Bonchev–Trinajstić information content (AvgIpc) is 3.76. The lowest BCUT2D eigenvalue weighted by Crippen LogP contribution is -2.14. The highest BCUT2D eigenvalue weighted by Gasteiger charge is 2.36. The molecule has 0 saturated heterocycles. The third-order valence-electron chi connectivity index (χ3n) is 10.3. The number of hydrogen-bond acceptors (Lipinski definition) is 4. The van der Waals surface area contributed by atoms with Gasteiger partial charge >= 0.3 is 0 Å². The van der Waals surface area contributed by atoms with Crippen molar-refractivity contribution in [3.8, 4) is 45.3 Å². The zero-order valence-electron chi connectivity index (χ0n) is 37.9. The fourth-order valence-corrected chi connectivity index (χ4v) is 7.83. The van der Waals surface area contributed by atoms with Crippen LogP contribution in [0.2, 0.25) is 0 Å². The molecule has 0 aliphatic heterocycles. The molecule has 0 bridgehead atoms. The fraction of sp³-hybridized carbons (Fsp3) is 0.0625. The number of furan rings is 1. The largest absolute Gasteiger partial charge is 0.456 e. The Kier molecular flexibility index (Phi) is 4.29. The van der Waals surface area contributed by atoms with Crippen LogP contribution in [0.25, 0.3) is 99.5 Å². The summed E-state index contributed by atoms with van der Waals surface area (Å²) in [5.41, 5.74) is 5.28. The summed E-state index contributed by atoms with van der Waals surface area (Å²) in [7, 11) is 0. The van der Waals surface area contributed by atoms with E-state index in [-0.39, 0.29) is 74.3 Å². The Morgan fingerprint density at radius 2 is 1.25 bits per heavy atom. The summed E-state index contributed by atoms with van der Waals surface area (Å²) in [4.78, 5) is 14.4. The van der Waals surface area contributed by atoms with Crippen molar-refractivity contribution in [1.29, 1.82) is 0 Å². The van der Waals surface area contributed by atoms with Crippen LogP contribution in [-0.4, -0.2) is 15.0 Å². The van der Waals surface area contributed by atoms with E-state index < -0.39 is 36.3 Å². The number of benzene rings is 8. The lowest BCUT2D eigenvalue weighted by molar-refractivity contribution is 0.647. The first-order chi connectivity index (χ1) is 29.7. The molecule has 0 unspecified atom stereocenters. The van der Waals surface area contributed by atoms with Gasteiger partial charge in [-0.3, -0.25) is 0 Å². The van der Waals surface area contributed by atoms with Crippen molar-refractivity contribution in [2.75, 3.05) is 0 Å². The van der Waals surface area contributed by atoms with Gasteiger partial charge < -0.3 is 4.42 Å². The molecule has 4 nitrogen and oxygen atoms in total. The first kappa shape index (κ1) is 20.9. The number of hydrogen-bond donors (Lipinski definition) is 0. The van der Waals surface area contributed by atoms with Crippen LogP contribution < -0.4 is 0 Å². The second-order valence-electron chi connectivity index (χ2n) is 13.6. The molecule has 2 aromatic heterocycles. The van der Waals surface area contributed by atoms with Gasteiger partial charge in [0.1, 0.15) is 11.2 Å². The van der Waals surface area contributed by atoms with Crippen LogP contribution in [0.15, 0.2) is 156 Å². The zero-order valence-corrected chi connectivity index (χ0v) is 27.9. The number of nitrogens with zero attached hydrogens (tertiary/aromatic N) is 3. The standard InChI is InChI=1S/C48H31N3O/c1-48(2)40-17-9-8-15-35(40)38-26-39-43(27-41(38)48)52-42-18-10-16-36(44(39)42)47-50-45(30-12-4-3-5-13-30)49-46(51-47)31-20-19-29-22-23-33-32-14-7-6-11-28(32)21-24-34(33)37(29)25-31/h3-27H,1-2H3/i3D,4D,5D,12D,13D,19D,20D,21D,24D,25D. The smallest absolute Gasteiger partial charge is 0.164 e. The van der Waals surface area contributed by atoms with Crippen LogP contribution in [0, 0.1) is 0 Å². The van der Waals surface area contributed by atoms with Gasteiger partial charge in [0.15, 0.2) is 17.5 Å². The Balaban J connectivity index is 1.25.